The van der Waals surface area contributed by atoms with Gasteiger partial charge in [0.25, 0.3) is 0 Å². The molecule has 3 N–H and O–H groups in total. The fourth-order valence-electron chi connectivity index (χ4n) is 3.25. The molecule has 0 saturated heterocycles. The minimum Gasteiger partial charge on any atom is -0.370 e. The van der Waals surface area contributed by atoms with Crippen LogP contribution in [-0.4, -0.2) is 20.6 Å². The summed E-state index contributed by atoms with van der Waals surface area (Å²) in [6, 6.07) is 10.1. The molecule has 2 aromatic heterocycles. The average Bonchev–Trinajstić information content (AvgIpc) is 3.09. The number of anilines is 1. The van der Waals surface area contributed by atoms with Crippen LogP contribution in [0.4, 0.5) is 5.69 Å². The van der Waals surface area contributed by atoms with Crippen molar-refractivity contribution in [2.24, 2.45) is 10.7 Å². The van der Waals surface area contributed by atoms with Crippen molar-refractivity contribution in [2.45, 2.75) is 32.2 Å². The van der Waals surface area contributed by atoms with E-state index in [2.05, 4.69) is 38.6 Å². The highest BCUT2D eigenvalue weighted by molar-refractivity contribution is 5.93. The van der Waals surface area contributed by atoms with E-state index >= 15 is 0 Å². The van der Waals surface area contributed by atoms with Crippen LogP contribution in [0.5, 0.6) is 0 Å². The summed E-state index contributed by atoms with van der Waals surface area (Å²) in [7, 11) is 0. The van der Waals surface area contributed by atoms with Gasteiger partial charge in [-0.25, -0.2) is 14.5 Å². The highest BCUT2D eigenvalue weighted by atomic mass is 15.3. The smallest absolute Gasteiger partial charge is 0.193 e. The molecular weight excluding hydrogens is 300 g/mol. The first-order valence-electron chi connectivity index (χ1n) is 8.26. The molecule has 0 fully saturated rings. The van der Waals surface area contributed by atoms with Crippen molar-refractivity contribution in [3.05, 3.63) is 59.5 Å². The number of aliphatic imine (C=N–C) groups is 1. The number of guanidine groups is 1. The van der Waals surface area contributed by atoms with Gasteiger partial charge in [0.1, 0.15) is 0 Å². The Bertz CT molecular complexity index is 895. The second kappa shape index (κ2) is 6.31. The summed E-state index contributed by atoms with van der Waals surface area (Å²) in [5.41, 5.74) is 11.7. The predicted molar refractivity (Wildman–Crippen MR) is 95.0 cm³/mol. The Hall–Kier alpha value is -2.89. The fraction of sp³-hybridized carbons (Fsp3) is 0.278. The van der Waals surface area contributed by atoms with Gasteiger partial charge in [0.15, 0.2) is 11.6 Å². The molecule has 2 heterocycles. The van der Waals surface area contributed by atoms with Crippen LogP contribution in [0, 0.1) is 0 Å². The number of benzene rings is 1. The van der Waals surface area contributed by atoms with Crippen LogP contribution in [0.25, 0.3) is 5.65 Å². The molecule has 4 rings (SSSR count). The second-order valence-electron chi connectivity index (χ2n) is 6.01. The van der Waals surface area contributed by atoms with Gasteiger partial charge in [-0.2, -0.15) is 5.10 Å². The minimum atomic E-state index is 0.422. The maximum Gasteiger partial charge on any atom is 0.193 e. The summed E-state index contributed by atoms with van der Waals surface area (Å²) in [4.78, 5) is 8.71. The molecule has 1 aromatic carbocycles. The van der Waals surface area contributed by atoms with E-state index in [4.69, 9.17) is 5.73 Å². The van der Waals surface area contributed by atoms with Crippen molar-refractivity contribution in [1.29, 1.82) is 0 Å². The van der Waals surface area contributed by atoms with Crippen molar-refractivity contribution < 1.29 is 0 Å². The van der Waals surface area contributed by atoms with Crippen molar-refractivity contribution in [3.63, 3.8) is 0 Å². The van der Waals surface area contributed by atoms with Crippen molar-refractivity contribution in [3.8, 4) is 0 Å². The van der Waals surface area contributed by atoms with Gasteiger partial charge < -0.3 is 11.1 Å². The van der Waals surface area contributed by atoms with Crippen LogP contribution < -0.4 is 11.1 Å². The highest BCUT2D eigenvalue weighted by Crippen LogP contribution is 2.27. The first kappa shape index (κ1) is 14.7. The molecule has 6 nitrogen and oxygen atoms in total. The predicted octanol–water partition coefficient (Wildman–Crippen LogP) is 2.53. The standard InChI is InChI=1S/C18H20N6/c19-18(21-12-14-8-10-20-17-9-11-22-24(14)17)23-16-7-3-5-13-4-1-2-6-15(13)16/h3,5,7-11H,1-2,4,6,12H2,(H3,19,21,23). The summed E-state index contributed by atoms with van der Waals surface area (Å²) in [5.74, 6) is 0.422. The molecule has 6 heteroatoms. The van der Waals surface area contributed by atoms with E-state index in [1.807, 2.05) is 12.1 Å². The Morgan fingerprint density at radius 1 is 1.17 bits per heavy atom. The van der Waals surface area contributed by atoms with E-state index in [-0.39, 0.29) is 0 Å². The molecule has 0 unspecified atom stereocenters. The number of aryl methyl sites for hydroxylation is 1. The average molecular weight is 320 g/mol. The number of nitrogens with zero attached hydrogens (tertiary/aromatic N) is 4. The quantitative estimate of drug-likeness (QED) is 0.574. The van der Waals surface area contributed by atoms with Crippen molar-refractivity contribution >= 4 is 17.3 Å². The van der Waals surface area contributed by atoms with E-state index in [0.29, 0.717) is 12.5 Å². The van der Waals surface area contributed by atoms with Crippen LogP contribution in [0.15, 0.2) is 47.7 Å². The number of nitrogens with one attached hydrogen (secondary N) is 1. The summed E-state index contributed by atoms with van der Waals surface area (Å²) in [5, 5.41) is 7.53. The van der Waals surface area contributed by atoms with E-state index in [9.17, 15) is 0 Å². The molecule has 1 aliphatic rings. The molecule has 0 bridgehead atoms. The number of fused-ring (bicyclic) bond motifs is 2. The number of hydrogen-bond donors (Lipinski definition) is 2. The van der Waals surface area contributed by atoms with Crippen molar-refractivity contribution in [2.75, 3.05) is 5.32 Å². The lowest BCUT2D eigenvalue weighted by Gasteiger charge is -2.19. The van der Waals surface area contributed by atoms with Crippen LogP contribution in [-0.2, 0) is 19.4 Å². The van der Waals surface area contributed by atoms with Gasteiger partial charge in [0, 0.05) is 18.0 Å². The molecule has 122 valence electrons. The third-order valence-corrected chi connectivity index (χ3v) is 4.44. The molecule has 0 radical (unpaired) electrons. The zero-order valence-electron chi connectivity index (χ0n) is 13.4. The van der Waals surface area contributed by atoms with Crippen LogP contribution >= 0.6 is 0 Å². The number of rotatable bonds is 3. The van der Waals surface area contributed by atoms with Crippen LogP contribution in [0.3, 0.4) is 0 Å². The largest absolute Gasteiger partial charge is 0.370 e. The maximum absolute atomic E-state index is 6.10. The van der Waals surface area contributed by atoms with Gasteiger partial charge >= 0.3 is 0 Å². The van der Waals surface area contributed by atoms with Crippen LogP contribution in [0.2, 0.25) is 0 Å². The van der Waals surface area contributed by atoms with Gasteiger partial charge in [-0.3, -0.25) is 0 Å². The van der Waals surface area contributed by atoms with E-state index in [1.54, 1.807) is 16.9 Å². The van der Waals surface area contributed by atoms with Gasteiger partial charge in [0.2, 0.25) is 0 Å². The lowest BCUT2D eigenvalue weighted by molar-refractivity contribution is 0.687. The van der Waals surface area contributed by atoms with Gasteiger partial charge in [-0.1, -0.05) is 12.1 Å². The summed E-state index contributed by atoms with van der Waals surface area (Å²) in [6.45, 7) is 0.453. The number of nitrogens with two attached hydrogens (primary N) is 1. The lowest BCUT2D eigenvalue weighted by Crippen LogP contribution is -2.24. The molecule has 24 heavy (non-hydrogen) atoms. The summed E-state index contributed by atoms with van der Waals surface area (Å²) >= 11 is 0. The Balaban J connectivity index is 1.53. The Labute approximate surface area is 140 Å². The molecule has 1 aliphatic carbocycles. The number of hydrogen-bond acceptors (Lipinski definition) is 3. The van der Waals surface area contributed by atoms with Gasteiger partial charge in [0.05, 0.1) is 18.4 Å². The van der Waals surface area contributed by atoms with Gasteiger partial charge in [-0.05, 0) is 48.9 Å². The topological polar surface area (TPSA) is 80.6 Å². The molecular formula is C18H20N6. The molecule has 3 aromatic rings. The third kappa shape index (κ3) is 2.82. The molecule has 0 amide bonds. The van der Waals surface area contributed by atoms with Gasteiger partial charge in [-0.15, -0.1) is 0 Å². The van der Waals surface area contributed by atoms with E-state index in [0.717, 1.165) is 29.9 Å². The first-order valence-corrected chi connectivity index (χ1v) is 8.26. The van der Waals surface area contributed by atoms with Crippen LogP contribution in [0.1, 0.15) is 29.7 Å². The molecule has 0 aliphatic heterocycles. The normalized spacial score (nSPS) is 14.6. The molecule has 0 atom stereocenters. The first-order chi connectivity index (χ1) is 11.8. The monoisotopic (exact) mass is 320 g/mol. The van der Waals surface area contributed by atoms with E-state index < -0.39 is 0 Å². The zero-order valence-corrected chi connectivity index (χ0v) is 13.4. The Kier molecular flexibility index (Phi) is 3.86. The molecule has 0 saturated carbocycles. The highest BCUT2D eigenvalue weighted by Gasteiger charge is 2.13. The minimum absolute atomic E-state index is 0.422. The summed E-state index contributed by atoms with van der Waals surface area (Å²) in [6.07, 6.45) is 8.24. The Morgan fingerprint density at radius 2 is 2.08 bits per heavy atom. The fourth-order valence-corrected chi connectivity index (χ4v) is 3.25. The third-order valence-electron chi connectivity index (χ3n) is 4.44. The lowest BCUT2D eigenvalue weighted by atomic mass is 9.90. The SMILES string of the molecule is NC(=NCc1ccnc2ccnn12)Nc1cccc2c1CCCC2. The van der Waals surface area contributed by atoms with E-state index in [1.165, 1.54) is 24.0 Å². The molecule has 0 spiro atoms. The maximum atomic E-state index is 6.10. The Morgan fingerprint density at radius 3 is 3.04 bits per heavy atom. The number of aromatic nitrogens is 3. The zero-order chi connectivity index (χ0) is 16.4. The summed E-state index contributed by atoms with van der Waals surface area (Å²) < 4.78 is 1.78. The second-order valence-corrected chi connectivity index (χ2v) is 6.01. The van der Waals surface area contributed by atoms with Crippen molar-refractivity contribution in [1.82, 2.24) is 14.6 Å².